The molecule has 1 atom stereocenters. The van der Waals surface area contributed by atoms with Gasteiger partial charge in [-0.15, -0.1) is 0 Å². The second-order valence-electron chi connectivity index (χ2n) is 5.33. The maximum Gasteiger partial charge on any atom is 0.0417 e. The molecular weight excluding hydrogens is 334 g/mol. The number of halogens is 2. The first-order valence-electron chi connectivity index (χ1n) is 6.96. The van der Waals surface area contributed by atoms with Gasteiger partial charge in [0, 0.05) is 22.1 Å². The van der Waals surface area contributed by atoms with Gasteiger partial charge in [0.05, 0.1) is 0 Å². The fourth-order valence-electron chi connectivity index (χ4n) is 2.79. The van der Waals surface area contributed by atoms with Crippen LogP contribution in [0.15, 0.2) is 46.9 Å². The lowest BCUT2D eigenvalue weighted by Crippen LogP contribution is -2.34. The van der Waals surface area contributed by atoms with E-state index in [1.165, 1.54) is 29.5 Å². The molecule has 1 aliphatic carbocycles. The smallest absolute Gasteiger partial charge is 0.0417 e. The highest BCUT2D eigenvalue weighted by atomic mass is 79.9. The summed E-state index contributed by atoms with van der Waals surface area (Å²) in [6, 6.07) is 15.3. The zero-order chi connectivity index (χ0) is 13.9. The number of hydrogen-bond donors (Lipinski definition) is 1. The maximum atomic E-state index is 5.97. The van der Waals surface area contributed by atoms with Crippen molar-refractivity contribution in [3.05, 3.63) is 68.7 Å². The Morgan fingerprint density at radius 3 is 2.75 bits per heavy atom. The lowest BCUT2D eigenvalue weighted by Gasteiger charge is -2.25. The molecule has 2 aromatic carbocycles. The van der Waals surface area contributed by atoms with Crippen molar-refractivity contribution < 1.29 is 0 Å². The van der Waals surface area contributed by atoms with Crippen molar-refractivity contribution in [1.29, 1.82) is 0 Å². The summed E-state index contributed by atoms with van der Waals surface area (Å²) in [4.78, 5) is 0. The minimum Gasteiger partial charge on any atom is -0.310 e. The van der Waals surface area contributed by atoms with Gasteiger partial charge in [-0.3, -0.25) is 0 Å². The second kappa shape index (κ2) is 6.30. The first-order chi connectivity index (χ1) is 9.72. The zero-order valence-corrected chi connectivity index (χ0v) is 13.5. The average Bonchev–Trinajstić information content (AvgIpc) is 2.46. The molecule has 0 heterocycles. The van der Waals surface area contributed by atoms with Crippen LogP contribution in [0.3, 0.4) is 0 Å². The molecule has 2 aromatic rings. The molecule has 1 N–H and O–H groups in total. The first kappa shape index (κ1) is 14.1. The molecule has 0 aliphatic heterocycles. The van der Waals surface area contributed by atoms with Gasteiger partial charge >= 0.3 is 0 Å². The van der Waals surface area contributed by atoms with Gasteiger partial charge < -0.3 is 5.32 Å². The Labute approximate surface area is 133 Å². The van der Waals surface area contributed by atoms with Crippen LogP contribution in [0.5, 0.6) is 0 Å². The van der Waals surface area contributed by atoms with E-state index >= 15 is 0 Å². The van der Waals surface area contributed by atoms with Crippen LogP contribution in [0.4, 0.5) is 0 Å². The van der Waals surface area contributed by atoms with Crippen molar-refractivity contribution in [2.24, 2.45) is 0 Å². The highest BCUT2D eigenvalue weighted by Crippen LogP contribution is 2.24. The molecule has 0 saturated heterocycles. The van der Waals surface area contributed by atoms with E-state index in [9.17, 15) is 0 Å². The molecular formula is C17H17BrClN. The van der Waals surface area contributed by atoms with Gasteiger partial charge in [-0.25, -0.2) is 0 Å². The Morgan fingerprint density at radius 1 is 1.15 bits per heavy atom. The molecule has 0 spiro atoms. The van der Waals surface area contributed by atoms with Crippen LogP contribution in [0.1, 0.15) is 23.1 Å². The lowest BCUT2D eigenvalue weighted by atomic mass is 9.88. The summed E-state index contributed by atoms with van der Waals surface area (Å²) < 4.78 is 1.08. The number of fused-ring (bicyclic) bond motifs is 1. The van der Waals surface area contributed by atoms with Gasteiger partial charge in [0.1, 0.15) is 0 Å². The fraction of sp³-hybridized carbons (Fsp3) is 0.294. The van der Waals surface area contributed by atoms with Crippen molar-refractivity contribution in [2.75, 3.05) is 0 Å². The Hall–Kier alpha value is -0.830. The largest absolute Gasteiger partial charge is 0.310 e. The third-order valence-electron chi connectivity index (χ3n) is 3.94. The highest BCUT2D eigenvalue weighted by Gasteiger charge is 2.17. The molecule has 1 nitrogen and oxygen atoms in total. The maximum absolute atomic E-state index is 5.97. The van der Waals surface area contributed by atoms with E-state index in [2.05, 4.69) is 51.6 Å². The Morgan fingerprint density at radius 2 is 1.95 bits per heavy atom. The fourth-order valence-corrected chi connectivity index (χ4v) is 3.61. The van der Waals surface area contributed by atoms with Crippen molar-refractivity contribution in [3.63, 3.8) is 0 Å². The summed E-state index contributed by atoms with van der Waals surface area (Å²) >= 11 is 9.55. The van der Waals surface area contributed by atoms with Gasteiger partial charge in [0.15, 0.2) is 0 Å². The minimum absolute atomic E-state index is 0.562. The van der Waals surface area contributed by atoms with Crippen LogP contribution in [-0.2, 0) is 19.4 Å². The zero-order valence-electron chi connectivity index (χ0n) is 11.2. The van der Waals surface area contributed by atoms with E-state index in [0.29, 0.717) is 6.04 Å². The molecule has 0 aromatic heterocycles. The standard InChI is InChI=1S/C17H17BrClN/c18-17-10-15(19)7-5-14(17)11-20-16-8-6-12-3-1-2-4-13(12)9-16/h1-5,7,10,16,20H,6,8-9,11H2. The molecule has 0 saturated carbocycles. The first-order valence-corrected chi connectivity index (χ1v) is 8.13. The summed E-state index contributed by atoms with van der Waals surface area (Å²) in [5.41, 5.74) is 4.26. The molecule has 0 amide bonds. The Kier molecular flexibility index (Phi) is 4.45. The molecule has 1 unspecified atom stereocenters. The monoisotopic (exact) mass is 349 g/mol. The van der Waals surface area contributed by atoms with E-state index < -0.39 is 0 Å². The van der Waals surface area contributed by atoms with Crippen LogP contribution in [0.2, 0.25) is 5.02 Å². The summed E-state index contributed by atoms with van der Waals surface area (Å²) in [6.45, 7) is 0.880. The third kappa shape index (κ3) is 3.25. The molecule has 20 heavy (non-hydrogen) atoms. The van der Waals surface area contributed by atoms with Gasteiger partial charge in [0.25, 0.3) is 0 Å². The van der Waals surface area contributed by atoms with Crippen LogP contribution in [0, 0.1) is 0 Å². The highest BCUT2D eigenvalue weighted by molar-refractivity contribution is 9.10. The lowest BCUT2D eigenvalue weighted by molar-refractivity contribution is 0.457. The summed E-state index contributed by atoms with van der Waals surface area (Å²) in [6.07, 6.45) is 3.51. The van der Waals surface area contributed by atoms with E-state index in [1.807, 2.05) is 12.1 Å². The molecule has 3 rings (SSSR count). The van der Waals surface area contributed by atoms with Gasteiger partial charge in [-0.2, -0.15) is 0 Å². The Balaban J connectivity index is 1.63. The van der Waals surface area contributed by atoms with Crippen molar-refractivity contribution in [2.45, 2.75) is 31.8 Å². The third-order valence-corrected chi connectivity index (χ3v) is 4.92. The number of aryl methyl sites for hydroxylation is 1. The van der Waals surface area contributed by atoms with E-state index in [-0.39, 0.29) is 0 Å². The molecule has 0 fully saturated rings. The number of hydrogen-bond acceptors (Lipinski definition) is 1. The van der Waals surface area contributed by atoms with Crippen molar-refractivity contribution >= 4 is 27.5 Å². The van der Waals surface area contributed by atoms with Crippen LogP contribution in [-0.4, -0.2) is 6.04 Å². The van der Waals surface area contributed by atoms with Crippen LogP contribution >= 0.6 is 27.5 Å². The van der Waals surface area contributed by atoms with E-state index in [4.69, 9.17) is 11.6 Å². The van der Waals surface area contributed by atoms with Crippen molar-refractivity contribution in [1.82, 2.24) is 5.32 Å². The molecule has 0 radical (unpaired) electrons. The predicted molar refractivity (Wildman–Crippen MR) is 88.2 cm³/mol. The van der Waals surface area contributed by atoms with Gasteiger partial charge in [-0.05, 0) is 48.1 Å². The van der Waals surface area contributed by atoms with Gasteiger partial charge in [-0.1, -0.05) is 57.9 Å². The molecule has 3 heteroatoms. The van der Waals surface area contributed by atoms with Crippen molar-refractivity contribution in [3.8, 4) is 0 Å². The quantitative estimate of drug-likeness (QED) is 0.842. The number of nitrogens with one attached hydrogen (secondary N) is 1. The van der Waals surface area contributed by atoms with Crippen LogP contribution in [0.25, 0.3) is 0 Å². The molecule has 104 valence electrons. The van der Waals surface area contributed by atoms with E-state index in [0.717, 1.165) is 22.5 Å². The second-order valence-corrected chi connectivity index (χ2v) is 6.62. The number of benzene rings is 2. The predicted octanol–water partition coefficient (Wildman–Crippen LogP) is 4.75. The Bertz CT molecular complexity index is 612. The minimum atomic E-state index is 0.562. The van der Waals surface area contributed by atoms with E-state index in [1.54, 1.807) is 0 Å². The summed E-state index contributed by atoms with van der Waals surface area (Å²) in [7, 11) is 0. The van der Waals surface area contributed by atoms with Crippen LogP contribution < -0.4 is 5.32 Å². The topological polar surface area (TPSA) is 12.0 Å². The molecule has 0 bridgehead atoms. The van der Waals surface area contributed by atoms with Gasteiger partial charge in [0.2, 0.25) is 0 Å². The normalized spacial score (nSPS) is 17.8. The summed E-state index contributed by atoms with van der Waals surface area (Å²) in [5.74, 6) is 0. The SMILES string of the molecule is Clc1ccc(CNC2CCc3ccccc3C2)c(Br)c1. The summed E-state index contributed by atoms with van der Waals surface area (Å²) in [5, 5.41) is 4.44. The average molecular weight is 351 g/mol. The molecule has 1 aliphatic rings. The number of rotatable bonds is 3.